The van der Waals surface area contributed by atoms with Gasteiger partial charge in [-0.05, 0) is 29.2 Å². The van der Waals surface area contributed by atoms with Crippen LogP contribution in [0.4, 0.5) is 4.39 Å². The predicted molar refractivity (Wildman–Crippen MR) is 110 cm³/mol. The zero-order chi connectivity index (χ0) is 21.3. The number of para-hydroxylation sites is 1. The van der Waals surface area contributed by atoms with Crippen LogP contribution in [0.5, 0.6) is 0 Å². The summed E-state index contributed by atoms with van der Waals surface area (Å²) in [5.74, 6) is -1.48. The third-order valence-corrected chi connectivity index (χ3v) is 4.91. The minimum absolute atomic E-state index is 0.139. The molecule has 152 valence electrons. The van der Waals surface area contributed by atoms with Gasteiger partial charge in [0.05, 0.1) is 17.1 Å². The average Bonchev–Trinajstić information content (AvgIpc) is 3.00. The molecule has 0 aliphatic carbocycles. The van der Waals surface area contributed by atoms with E-state index in [1.54, 1.807) is 35.0 Å². The first-order valence-electron chi connectivity index (χ1n) is 9.07. The molecule has 2 aromatic carbocycles. The summed E-state index contributed by atoms with van der Waals surface area (Å²) >= 11 is 6.37. The minimum Gasteiger partial charge on any atom is -0.368 e. The van der Waals surface area contributed by atoms with Crippen LogP contribution in [0.3, 0.4) is 0 Å². The molecule has 0 aliphatic heterocycles. The molecule has 0 unspecified atom stereocenters. The highest BCUT2D eigenvalue weighted by Gasteiger charge is 2.32. The molecule has 29 heavy (non-hydrogen) atoms. The quantitative estimate of drug-likeness (QED) is 0.666. The number of aromatic nitrogens is 2. The van der Waals surface area contributed by atoms with Crippen molar-refractivity contribution in [1.29, 1.82) is 0 Å². The van der Waals surface area contributed by atoms with E-state index in [4.69, 9.17) is 17.3 Å². The Kier molecular flexibility index (Phi) is 5.61. The number of amides is 2. The molecule has 0 aliphatic rings. The van der Waals surface area contributed by atoms with Crippen molar-refractivity contribution in [1.82, 2.24) is 15.1 Å². The number of nitrogens with zero attached hydrogens (tertiary/aromatic N) is 2. The molecule has 3 N–H and O–H groups in total. The van der Waals surface area contributed by atoms with Gasteiger partial charge in [-0.3, -0.25) is 14.3 Å². The van der Waals surface area contributed by atoms with Crippen molar-refractivity contribution >= 4 is 34.3 Å². The van der Waals surface area contributed by atoms with Crippen LogP contribution in [0.15, 0.2) is 42.5 Å². The summed E-state index contributed by atoms with van der Waals surface area (Å²) in [7, 11) is 0. The van der Waals surface area contributed by atoms with E-state index in [1.807, 2.05) is 20.8 Å². The summed E-state index contributed by atoms with van der Waals surface area (Å²) in [6, 6.07) is 10.3. The topological polar surface area (TPSA) is 90.0 Å². The van der Waals surface area contributed by atoms with Crippen molar-refractivity contribution in [2.75, 3.05) is 0 Å². The lowest BCUT2D eigenvalue weighted by Crippen LogP contribution is -2.52. The number of halogens is 2. The van der Waals surface area contributed by atoms with Gasteiger partial charge >= 0.3 is 0 Å². The van der Waals surface area contributed by atoms with Crippen LogP contribution >= 0.6 is 11.6 Å². The van der Waals surface area contributed by atoms with Crippen molar-refractivity contribution < 1.29 is 14.0 Å². The van der Waals surface area contributed by atoms with Gasteiger partial charge < -0.3 is 11.1 Å². The fourth-order valence-corrected chi connectivity index (χ4v) is 3.42. The molecule has 0 radical (unpaired) electrons. The van der Waals surface area contributed by atoms with E-state index >= 15 is 0 Å². The van der Waals surface area contributed by atoms with Crippen molar-refractivity contribution in [3.63, 3.8) is 0 Å². The second-order valence-electron chi connectivity index (χ2n) is 7.94. The van der Waals surface area contributed by atoms with E-state index in [2.05, 4.69) is 10.4 Å². The fourth-order valence-electron chi connectivity index (χ4n) is 3.15. The molecule has 3 aromatic rings. The molecule has 2 amide bonds. The maximum Gasteiger partial charge on any atom is 0.273 e. The minimum atomic E-state index is -0.869. The standard InChI is InChI=1S/C21H22ClFN4O2/c1-21(2,3)18(19(24)28)25-20(29)16-14-5-4-6-15(22)17(14)27(26-16)11-12-7-9-13(23)10-8-12/h4-10,18H,11H2,1-3H3,(H2,24,28)(H,25,29)/t18-/m1/s1. The normalized spacial score (nSPS) is 12.7. The fraction of sp³-hybridized carbons (Fsp3) is 0.286. The Morgan fingerprint density at radius 3 is 2.45 bits per heavy atom. The van der Waals surface area contributed by atoms with Gasteiger partial charge in [-0.1, -0.05) is 56.6 Å². The maximum absolute atomic E-state index is 13.2. The van der Waals surface area contributed by atoms with Crippen LogP contribution in [0, 0.1) is 11.2 Å². The van der Waals surface area contributed by atoms with Crippen LogP contribution in [-0.2, 0) is 11.3 Å². The van der Waals surface area contributed by atoms with Crippen molar-refractivity contribution in [3.05, 3.63) is 64.6 Å². The van der Waals surface area contributed by atoms with E-state index in [0.717, 1.165) is 5.56 Å². The zero-order valence-corrected chi connectivity index (χ0v) is 17.1. The van der Waals surface area contributed by atoms with Crippen LogP contribution < -0.4 is 11.1 Å². The molecule has 0 saturated carbocycles. The molecule has 1 aromatic heterocycles. The summed E-state index contributed by atoms with van der Waals surface area (Å²) < 4.78 is 14.8. The molecular formula is C21H22ClFN4O2. The number of primary amides is 1. The molecule has 3 rings (SSSR count). The highest BCUT2D eigenvalue weighted by molar-refractivity contribution is 6.35. The number of hydrogen-bond donors (Lipinski definition) is 2. The van der Waals surface area contributed by atoms with Gasteiger partial charge in [-0.2, -0.15) is 5.10 Å². The summed E-state index contributed by atoms with van der Waals surface area (Å²) in [6.45, 7) is 5.73. The molecule has 0 spiro atoms. The molecule has 0 fully saturated rings. The molecule has 0 saturated heterocycles. The lowest BCUT2D eigenvalue weighted by molar-refractivity contribution is -0.122. The van der Waals surface area contributed by atoms with Gasteiger partial charge in [0, 0.05) is 5.39 Å². The van der Waals surface area contributed by atoms with Crippen LogP contribution in [0.2, 0.25) is 5.02 Å². The number of nitrogens with one attached hydrogen (secondary N) is 1. The number of nitrogens with two attached hydrogens (primary N) is 1. The number of fused-ring (bicyclic) bond motifs is 1. The van der Waals surface area contributed by atoms with E-state index in [9.17, 15) is 14.0 Å². The summed E-state index contributed by atoms with van der Waals surface area (Å²) in [5.41, 5.74) is 6.43. The second kappa shape index (κ2) is 7.83. The lowest BCUT2D eigenvalue weighted by Gasteiger charge is -2.28. The second-order valence-corrected chi connectivity index (χ2v) is 8.35. The van der Waals surface area contributed by atoms with Gasteiger partial charge in [-0.25, -0.2) is 4.39 Å². The van der Waals surface area contributed by atoms with E-state index in [0.29, 0.717) is 22.5 Å². The van der Waals surface area contributed by atoms with Crippen molar-refractivity contribution in [2.45, 2.75) is 33.4 Å². The van der Waals surface area contributed by atoms with Gasteiger partial charge in [0.1, 0.15) is 11.9 Å². The number of hydrogen-bond acceptors (Lipinski definition) is 3. The van der Waals surface area contributed by atoms with Gasteiger partial charge in [0.25, 0.3) is 5.91 Å². The van der Waals surface area contributed by atoms with Gasteiger partial charge in [0.2, 0.25) is 5.91 Å². The first-order valence-corrected chi connectivity index (χ1v) is 9.45. The highest BCUT2D eigenvalue weighted by Crippen LogP contribution is 2.28. The van der Waals surface area contributed by atoms with Crippen LogP contribution in [-0.4, -0.2) is 27.6 Å². The average molecular weight is 417 g/mol. The van der Waals surface area contributed by atoms with E-state index in [-0.39, 0.29) is 11.5 Å². The number of carbonyl (C=O) groups is 2. The van der Waals surface area contributed by atoms with E-state index in [1.165, 1.54) is 12.1 Å². The third kappa shape index (κ3) is 4.40. The maximum atomic E-state index is 13.2. The lowest BCUT2D eigenvalue weighted by atomic mass is 9.86. The SMILES string of the molecule is CC(C)(C)[C@H](NC(=O)c1nn(Cc2ccc(F)cc2)c2c(Cl)cccc12)C(N)=O. The van der Waals surface area contributed by atoms with Crippen LogP contribution in [0.1, 0.15) is 36.8 Å². The third-order valence-electron chi connectivity index (χ3n) is 4.61. The van der Waals surface area contributed by atoms with Crippen molar-refractivity contribution in [2.24, 2.45) is 11.1 Å². The van der Waals surface area contributed by atoms with Gasteiger partial charge in [0.15, 0.2) is 5.69 Å². The smallest absolute Gasteiger partial charge is 0.273 e. The Hall–Kier alpha value is -2.93. The molecule has 6 nitrogen and oxygen atoms in total. The Labute approximate surface area is 172 Å². The number of benzene rings is 2. The zero-order valence-electron chi connectivity index (χ0n) is 16.4. The molecule has 1 heterocycles. The largest absolute Gasteiger partial charge is 0.368 e. The monoisotopic (exact) mass is 416 g/mol. The Bertz CT molecular complexity index is 1070. The Morgan fingerprint density at radius 2 is 1.86 bits per heavy atom. The van der Waals surface area contributed by atoms with Crippen molar-refractivity contribution in [3.8, 4) is 0 Å². The molecule has 8 heteroatoms. The summed E-state index contributed by atoms with van der Waals surface area (Å²) in [6.07, 6.45) is 0. The molecule has 1 atom stereocenters. The Balaban J connectivity index is 2.02. The first kappa shape index (κ1) is 20.8. The first-order chi connectivity index (χ1) is 13.6. The van der Waals surface area contributed by atoms with E-state index < -0.39 is 23.3 Å². The van der Waals surface area contributed by atoms with Crippen LogP contribution in [0.25, 0.3) is 10.9 Å². The molecular weight excluding hydrogens is 395 g/mol. The van der Waals surface area contributed by atoms with Gasteiger partial charge in [-0.15, -0.1) is 0 Å². The number of rotatable bonds is 5. The summed E-state index contributed by atoms with van der Waals surface area (Å²) in [4.78, 5) is 24.8. The molecule has 0 bridgehead atoms. The highest BCUT2D eigenvalue weighted by atomic mass is 35.5. The predicted octanol–water partition coefficient (Wildman–Crippen LogP) is 3.51. The summed E-state index contributed by atoms with van der Waals surface area (Å²) in [5, 5.41) is 8.10. The number of carbonyl (C=O) groups excluding carboxylic acids is 2. The Morgan fingerprint density at radius 1 is 1.21 bits per heavy atom.